The Balaban J connectivity index is 1.77. The number of methoxy groups -OCH3 is 1. The Morgan fingerprint density at radius 3 is 2.52 bits per heavy atom. The lowest BCUT2D eigenvalue weighted by atomic mass is 9.97. The molecule has 2 rings (SSSR count). The van der Waals surface area contributed by atoms with Gasteiger partial charge in [0.05, 0.1) is 18.8 Å². The van der Waals surface area contributed by atoms with Gasteiger partial charge >= 0.3 is 5.97 Å². The van der Waals surface area contributed by atoms with Crippen LogP contribution in [-0.2, 0) is 19.6 Å². The summed E-state index contributed by atoms with van der Waals surface area (Å²) in [5, 5.41) is 3.22. The molecule has 0 aliphatic carbocycles. The van der Waals surface area contributed by atoms with Crippen molar-refractivity contribution in [1.82, 2.24) is 14.5 Å². The second-order valence-corrected chi connectivity index (χ2v) is 7.92. The summed E-state index contributed by atoms with van der Waals surface area (Å²) in [5.74, 6) is 0.823. The summed E-state index contributed by atoms with van der Waals surface area (Å²) in [6.07, 6.45) is 2.19. The zero-order valence-corrected chi connectivity index (χ0v) is 14.6. The highest BCUT2D eigenvalue weighted by Crippen LogP contribution is 2.18. The zero-order chi connectivity index (χ0) is 16.9. The number of aliphatic imine (C=N–C) groups is 1. The quantitative estimate of drug-likeness (QED) is 0.418. The highest BCUT2D eigenvalue weighted by atomic mass is 32.2. The average molecular weight is 346 g/mol. The van der Waals surface area contributed by atoms with Gasteiger partial charge < -0.3 is 15.0 Å². The normalized spacial score (nSPS) is 23.0. The van der Waals surface area contributed by atoms with Gasteiger partial charge in [0.15, 0.2) is 5.96 Å². The van der Waals surface area contributed by atoms with Crippen LogP contribution >= 0.6 is 0 Å². The molecule has 8 nitrogen and oxygen atoms in total. The van der Waals surface area contributed by atoms with Crippen molar-refractivity contribution in [2.75, 3.05) is 52.6 Å². The molecule has 2 heterocycles. The smallest absolute Gasteiger partial charge is 0.308 e. The van der Waals surface area contributed by atoms with Crippen LogP contribution in [0.5, 0.6) is 0 Å². The van der Waals surface area contributed by atoms with Gasteiger partial charge in [-0.3, -0.25) is 9.79 Å². The van der Waals surface area contributed by atoms with Crippen LogP contribution in [-0.4, -0.2) is 82.2 Å². The van der Waals surface area contributed by atoms with Crippen molar-refractivity contribution in [3.63, 3.8) is 0 Å². The highest BCUT2D eigenvalue weighted by Gasteiger charge is 2.29. The number of esters is 1. The number of carbonyl (C=O) groups excluding carboxylic acids is 1. The minimum atomic E-state index is -3.05. The van der Waals surface area contributed by atoms with Crippen molar-refractivity contribution in [2.24, 2.45) is 10.9 Å². The number of ether oxygens (including phenoxy) is 1. The van der Waals surface area contributed by atoms with Gasteiger partial charge in [0.2, 0.25) is 10.0 Å². The molecular weight excluding hydrogens is 320 g/mol. The maximum atomic E-state index is 11.8. The molecule has 2 saturated heterocycles. The van der Waals surface area contributed by atoms with E-state index < -0.39 is 10.0 Å². The van der Waals surface area contributed by atoms with E-state index in [1.54, 1.807) is 7.05 Å². The number of sulfonamides is 1. The lowest BCUT2D eigenvalue weighted by Gasteiger charge is -2.33. The predicted octanol–water partition coefficient (Wildman–Crippen LogP) is -0.518. The van der Waals surface area contributed by atoms with Crippen molar-refractivity contribution in [2.45, 2.75) is 19.3 Å². The van der Waals surface area contributed by atoms with E-state index in [1.807, 2.05) is 0 Å². The molecular formula is C14H26N4O4S. The third-order valence-corrected chi connectivity index (χ3v) is 6.34. The van der Waals surface area contributed by atoms with E-state index >= 15 is 0 Å². The van der Waals surface area contributed by atoms with Crippen LogP contribution in [0.25, 0.3) is 0 Å². The third-order valence-electron chi connectivity index (χ3n) is 4.39. The summed E-state index contributed by atoms with van der Waals surface area (Å²) in [6, 6.07) is 0. The Labute approximate surface area is 137 Å². The van der Waals surface area contributed by atoms with Crippen molar-refractivity contribution in [3.05, 3.63) is 0 Å². The number of piperidine rings is 1. The highest BCUT2D eigenvalue weighted by molar-refractivity contribution is 7.89. The molecule has 0 aromatic heterocycles. The first-order valence-corrected chi connectivity index (χ1v) is 9.60. The molecule has 0 unspecified atom stereocenters. The number of rotatable bonds is 4. The largest absolute Gasteiger partial charge is 0.469 e. The number of nitrogens with zero attached hydrogens (tertiary/aromatic N) is 3. The summed E-state index contributed by atoms with van der Waals surface area (Å²) in [7, 11) is 0.0800. The molecule has 132 valence electrons. The molecule has 0 aromatic rings. The van der Waals surface area contributed by atoms with Gasteiger partial charge in [0.1, 0.15) is 0 Å². The van der Waals surface area contributed by atoms with Gasteiger partial charge in [-0.1, -0.05) is 0 Å². The van der Waals surface area contributed by atoms with Crippen LogP contribution in [0.15, 0.2) is 4.99 Å². The number of likely N-dealkylation sites (tertiary alicyclic amines) is 1. The molecule has 1 N–H and O–H groups in total. The lowest BCUT2D eigenvalue weighted by molar-refractivity contribution is -0.146. The molecule has 2 aliphatic rings. The third kappa shape index (κ3) is 4.57. The topological polar surface area (TPSA) is 91.3 Å². The first kappa shape index (κ1) is 18.0. The standard InChI is InChI=1S/C14H26N4O4S/c1-15-14(16-6-10-18-7-3-11-23(18,20)21)17-8-4-12(5-9-17)13(19)22-2/h12H,3-11H2,1-2H3,(H,15,16). The van der Waals surface area contributed by atoms with Gasteiger partial charge in [-0.05, 0) is 19.3 Å². The maximum absolute atomic E-state index is 11.8. The summed E-state index contributed by atoms with van der Waals surface area (Å²) in [5.41, 5.74) is 0. The number of hydrogen-bond donors (Lipinski definition) is 1. The second-order valence-electron chi connectivity index (χ2n) is 5.83. The molecule has 9 heteroatoms. The molecule has 0 spiro atoms. The predicted molar refractivity (Wildman–Crippen MR) is 87.7 cm³/mol. The van der Waals surface area contributed by atoms with E-state index in [2.05, 4.69) is 15.2 Å². The number of hydrogen-bond acceptors (Lipinski definition) is 5. The fourth-order valence-electron chi connectivity index (χ4n) is 3.06. The Bertz CT molecular complexity index is 541. The minimum Gasteiger partial charge on any atom is -0.469 e. The Morgan fingerprint density at radius 1 is 1.30 bits per heavy atom. The fourth-order valence-corrected chi connectivity index (χ4v) is 4.59. The van der Waals surface area contributed by atoms with Crippen LogP contribution in [0.3, 0.4) is 0 Å². The maximum Gasteiger partial charge on any atom is 0.308 e. The number of carbonyl (C=O) groups is 1. The van der Waals surface area contributed by atoms with E-state index in [9.17, 15) is 13.2 Å². The van der Waals surface area contributed by atoms with Crippen molar-refractivity contribution in [3.8, 4) is 0 Å². The van der Waals surface area contributed by atoms with Crippen LogP contribution in [0.1, 0.15) is 19.3 Å². The first-order valence-electron chi connectivity index (χ1n) is 7.99. The van der Waals surface area contributed by atoms with E-state index in [-0.39, 0.29) is 17.6 Å². The van der Waals surface area contributed by atoms with Crippen LogP contribution in [0.4, 0.5) is 0 Å². The van der Waals surface area contributed by atoms with Gasteiger partial charge in [-0.25, -0.2) is 12.7 Å². The summed E-state index contributed by atoms with van der Waals surface area (Å²) in [4.78, 5) is 17.9. The van der Waals surface area contributed by atoms with Crippen LogP contribution < -0.4 is 5.32 Å². The fraction of sp³-hybridized carbons (Fsp3) is 0.857. The Hall–Kier alpha value is -1.35. The summed E-state index contributed by atoms with van der Waals surface area (Å²) in [6.45, 7) is 3.07. The van der Waals surface area contributed by atoms with Crippen molar-refractivity contribution in [1.29, 1.82) is 0 Å². The number of nitrogens with one attached hydrogen (secondary N) is 1. The van der Waals surface area contributed by atoms with E-state index in [4.69, 9.17) is 4.74 Å². The Kier molecular flexibility index (Phi) is 6.23. The van der Waals surface area contributed by atoms with Gasteiger partial charge in [-0.15, -0.1) is 0 Å². The summed E-state index contributed by atoms with van der Waals surface area (Å²) < 4.78 is 29.8. The number of guanidine groups is 1. The molecule has 2 aliphatic heterocycles. The molecule has 0 bridgehead atoms. The molecule has 23 heavy (non-hydrogen) atoms. The van der Waals surface area contributed by atoms with Crippen LogP contribution in [0.2, 0.25) is 0 Å². The second kappa shape index (κ2) is 7.96. The van der Waals surface area contributed by atoms with Crippen LogP contribution in [0, 0.1) is 5.92 Å². The average Bonchev–Trinajstić information content (AvgIpc) is 2.89. The van der Waals surface area contributed by atoms with Gasteiger partial charge in [-0.2, -0.15) is 0 Å². The van der Waals surface area contributed by atoms with Gasteiger partial charge in [0, 0.05) is 39.8 Å². The molecule has 0 atom stereocenters. The molecule has 0 aromatic carbocycles. The molecule has 0 saturated carbocycles. The van der Waals surface area contributed by atoms with E-state index in [0.29, 0.717) is 26.1 Å². The Morgan fingerprint density at radius 2 is 2.00 bits per heavy atom. The zero-order valence-electron chi connectivity index (χ0n) is 13.8. The lowest BCUT2D eigenvalue weighted by Crippen LogP contribution is -2.48. The van der Waals surface area contributed by atoms with Crippen molar-refractivity contribution < 1.29 is 17.9 Å². The summed E-state index contributed by atoms with van der Waals surface area (Å²) >= 11 is 0. The van der Waals surface area contributed by atoms with E-state index in [0.717, 1.165) is 31.9 Å². The van der Waals surface area contributed by atoms with Crippen molar-refractivity contribution >= 4 is 22.0 Å². The van der Waals surface area contributed by atoms with E-state index in [1.165, 1.54) is 11.4 Å². The van der Waals surface area contributed by atoms with Gasteiger partial charge in [0.25, 0.3) is 0 Å². The first-order chi connectivity index (χ1) is 11.0. The minimum absolute atomic E-state index is 0.0379. The SMILES string of the molecule is CN=C(NCCN1CCCS1(=O)=O)N1CCC(C(=O)OC)CC1. The monoisotopic (exact) mass is 346 g/mol. The molecule has 0 radical (unpaired) electrons. The molecule has 2 fully saturated rings. The molecule has 0 amide bonds.